The zero-order valence-electron chi connectivity index (χ0n) is 25.3. The summed E-state index contributed by atoms with van der Waals surface area (Å²) in [6.45, 7) is 8.68. The van der Waals surface area contributed by atoms with E-state index in [0.29, 0.717) is 31.9 Å². The van der Waals surface area contributed by atoms with Crippen LogP contribution >= 0.6 is 0 Å². The minimum absolute atomic E-state index is 0.0245. The molecule has 2 saturated carbocycles. The van der Waals surface area contributed by atoms with Gasteiger partial charge < -0.3 is 23.8 Å². The molecule has 0 aliphatic heterocycles. The number of Topliss-reactive ketones (excluding diaryl/α,β-unsaturated/α-hetero) is 1. The summed E-state index contributed by atoms with van der Waals surface area (Å²) in [5.74, 6) is 1.46. The van der Waals surface area contributed by atoms with Gasteiger partial charge >= 0.3 is 0 Å². The molecule has 0 aromatic heterocycles. The lowest BCUT2D eigenvalue weighted by atomic mass is 9.62. The van der Waals surface area contributed by atoms with E-state index in [1.54, 1.807) is 28.3 Å². The standard InChI is InChI=1S/C33H47NO6/c1-21-28(17-29(38-6)31(26-13-14-26)32(21)39-7)22(2)34(15-16-40-23(3)25-11-9-8-10-12-25)30(36)20-33(24(4)35)18-27(19-33)37-5/h8-12,17,21-23,26-27,32H,13-16,18-20H2,1-7H3. The Bertz CT molecular complexity index is 1100. The lowest BCUT2D eigenvalue weighted by Gasteiger charge is -2.46. The number of methoxy groups -OCH3 is 3. The van der Waals surface area contributed by atoms with Crippen molar-refractivity contribution in [2.24, 2.45) is 17.3 Å². The molecule has 4 atom stereocenters. The Morgan fingerprint density at radius 1 is 1.05 bits per heavy atom. The summed E-state index contributed by atoms with van der Waals surface area (Å²) in [5, 5.41) is 0. The third kappa shape index (κ3) is 6.37. The Kier molecular flexibility index (Phi) is 9.91. The Balaban J connectivity index is 1.58. The molecule has 7 nitrogen and oxygen atoms in total. The lowest BCUT2D eigenvalue weighted by Crippen LogP contribution is -2.52. The second-order valence-corrected chi connectivity index (χ2v) is 11.9. The van der Waals surface area contributed by atoms with Gasteiger partial charge in [-0.1, -0.05) is 37.3 Å². The van der Waals surface area contributed by atoms with Crippen LogP contribution in [0.15, 0.2) is 53.3 Å². The molecule has 2 fully saturated rings. The lowest BCUT2D eigenvalue weighted by molar-refractivity contribution is -0.153. The van der Waals surface area contributed by atoms with E-state index in [4.69, 9.17) is 18.9 Å². The summed E-state index contributed by atoms with van der Waals surface area (Å²) in [5.41, 5.74) is 2.77. The van der Waals surface area contributed by atoms with Crippen molar-refractivity contribution in [3.05, 3.63) is 58.9 Å². The number of hydrogen-bond acceptors (Lipinski definition) is 6. The zero-order valence-corrected chi connectivity index (χ0v) is 25.3. The van der Waals surface area contributed by atoms with Gasteiger partial charge in [-0.15, -0.1) is 0 Å². The molecule has 4 unspecified atom stereocenters. The quantitative estimate of drug-likeness (QED) is 0.296. The first-order chi connectivity index (χ1) is 19.2. The first-order valence-electron chi connectivity index (χ1n) is 14.7. The fraction of sp³-hybridized carbons (Fsp3) is 0.636. The van der Waals surface area contributed by atoms with Crippen LogP contribution in [0.1, 0.15) is 71.5 Å². The summed E-state index contributed by atoms with van der Waals surface area (Å²) in [6.07, 6.45) is 5.62. The molecule has 3 aliphatic carbocycles. The first-order valence-corrected chi connectivity index (χ1v) is 14.7. The molecule has 0 heterocycles. The fourth-order valence-corrected chi connectivity index (χ4v) is 6.58. The van der Waals surface area contributed by atoms with Gasteiger partial charge in [-0.2, -0.15) is 0 Å². The molecule has 40 heavy (non-hydrogen) atoms. The van der Waals surface area contributed by atoms with E-state index in [9.17, 15) is 9.59 Å². The molecule has 0 N–H and O–H groups in total. The molecule has 1 aromatic rings. The summed E-state index contributed by atoms with van der Waals surface area (Å²) in [6, 6.07) is 9.86. The predicted octanol–water partition coefficient (Wildman–Crippen LogP) is 5.66. The minimum atomic E-state index is -0.660. The maximum atomic E-state index is 14.0. The largest absolute Gasteiger partial charge is 0.497 e. The predicted molar refractivity (Wildman–Crippen MR) is 155 cm³/mol. The molecule has 0 radical (unpaired) electrons. The van der Waals surface area contributed by atoms with Crippen LogP contribution in [0, 0.1) is 17.3 Å². The maximum absolute atomic E-state index is 14.0. The van der Waals surface area contributed by atoms with Crippen LogP contribution in [0.2, 0.25) is 0 Å². The SMILES string of the molecule is COC1=C(C2CC2)C(OC)C(C)C(C(C)N(CCOC(C)c2ccccc2)C(=O)CC2(C(C)=O)CC(OC)C2)=C1. The van der Waals surface area contributed by atoms with Crippen LogP contribution in [0.25, 0.3) is 0 Å². The Morgan fingerprint density at radius 2 is 1.73 bits per heavy atom. The van der Waals surface area contributed by atoms with E-state index in [1.807, 2.05) is 42.2 Å². The minimum Gasteiger partial charge on any atom is -0.497 e. The van der Waals surface area contributed by atoms with Crippen LogP contribution in [0.4, 0.5) is 0 Å². The van der Waals surface area contributed by atoms with Crippen LogP contribution in [0.3, 0.4) is 0 Å². The van der Waals surface area contributed by atoms with Gasteiger partial charge in [-0.25, -0.2) is 0 Å². The maximum Gasteiger partial charge on any atom is 0.224 e. The number of hydrogen-bond donors (Lipinski definition) is 0. The summed E-state index contributed by atoms with van der Waals surface area (Å²) < 4.78 is 23.6. The van der Waals surface area contributed by atoms with E-state index < -0.39 is 5.41 Å². The van der Waals surface area contributed by atoms with Gasteiger partial charge in [0, 0.05) is 44.1 Å². The molecular weight excluding hydrogens is 506 g/mol. The summed E-state index contributed by atoms with van der Waals surface area (Å²) in [7, 11) is 5.13. The number of carbonyl (C=O) groups is 2. The van der Waals surface area contributed by atoms with Crippen LogP contribution in [-0.4, -0.2) is 69.3 Å². The molecule has 0 saturated heterocycles. The Hall–Kier alpha value is -2.48. The highest BCUT2D eigenvalue weighted by Crippen LogP contribution is 2.48. The summed E-state index contributed by atoms with van der Waals surface area (Å²) in [4.78, 5) is 28.7. The van der Waals surface area contributed by atoms with Gasteiger partial charge in [-0.3, -0.25) is 9.59 Å². The second-order valence-electron chi connectivity index (χ2n) is 11.9. The molecule has 3 aliphatic rings. The average molecular weight is 554 g/mol. The zero-order chi connectivity index (χ0) is 29.0. The van der Waals surface area contributed by atoms with Crippen LogP contribution < -0.4 is 0 Å². The number of allylic oxidation sites excluding steroid dienone is 1. The number of carbonyl (C=O) groups excluding carboxylic acids is 2. The van der Waals surface area contributed by atoms with Gasteiger partial charge in [0.05, 0.1) is 38.1 Å². The first kappa shape index (κ1) is 30.5. The number of ketones is 1. The van der Waals surface area contributed by atoms with Gasteiger partial charge in [-0.05, 0) is 69.6 Å². The van der Waals surface area contributed by atoms with E-state index in [2.05, 4.69) is 19.9 Å². The van der Waals surface area contributed by atoms with Crippen molar-refractivity contribution < 1.29 is 28.5 Å². The van der Waals surface area contributed by atoms with Crippen molar-refractivity contribution in [1.82, 2.24) is 4.90 Å². The Morgan fingerprint density at radius 3 is 2.27 bits per heavy atom. The van der Waals surface area contributed by atoms with Gasteiger partial charge in [0.1, 0.15) is 11.5 Å². The van der Waals surface area contributed by atoms with Gasteiger partial charge in [0.2, 0.25) is 5.91 Å². The number of nitrogens with zero attached hydrogens (tertiary/aromatic N) is 1. The van der Waals surface area contributed by atoms with Crippen LogP contribution in [0.5, 0.6) is 0 Å². The Labute approximate surface area is 239 Å². The highest BCUT2D eigenvalue weighted by Gasteiger charge is 2.50. The fourth-order valence-electron chi connectivity index (χ4n) is 6.58. The van der Waals surface area contributed by atoms with Crippen molar-refractivity contribution >= 4 is 11.7 Å². The molecule has 1 amide bonds. The number of ether oxygens (including phenoxy) is 4. The van der Waals surface area contributed by atoms with Crippen molar-refractivity contribution in [3.63, 3.8) is 0 Å². The third-order valence-electron chi connectivity index (χ3n) is 9.41. The van der Waals surface area contributed by atoms with Gasteiger partial charge in [0.15, 0.2) is 0 Å². The van der Waals surface area contributed by atoms with E-state index >= 15 is 0 Å². The van der Waals surface area contributed by atoms with E-state index in [1.165, 1.54) is 5.57 Å². The normalized spacial score (nSPS) is 27.9. The smallest absolute Gasteiger partial charge is 0.224 e. The molecule has 4 rings (SSSR count). The van der Waals surface area contributed by atoms with Crippen molar-refractivity contribution in [3.8, 4) is 0 Å². The average Bonchev–Trinajstić information content (AvgIpc) is 3.77. The molecule has 0 bridgehead atoms. The molecule has 1 aromatic carbocycles. The highest BCUT2D eigenvalue weighted by molar-refractivity contribution is 5.90. The number of amides is 1. The molecule has 0 spiro atoms. The number of benzene rings is 1. The van der Waals surface area contributed by atoms with Crippen LogP contribution in [-0.2, 0) is 28.5 Å². The van der Waals surface area contributed by atoms with E-state index in [-0.39, 0.29) is 48.4 Å². The molecule has 220 valence electrons. The number of rotatable bonds is 14. The molecular formula is C33H47NO6. The van der Waals surface area contributed by atoms with Crippen molar-refractivity contribution in [2.75, 3.05) is 34.5 Å². The van der Waals surface area contributed by atoms with Crippen molar-refractivity contribution in [2.45, 2.75) is 84.2 Å². The highest BCUT2D eigenvalue weighted by atomic mass is 16.5. The molecule has 7 heteroatoms. The van der Waals surface area contributed by atoms with Crippen molar-refractivity contribution in [1.29, 1.82) is 0 Å². The topological polar surface area (TPSA) is 74.3 Å². The monoisotopic (exact) mass is 553 g/mol. The van der Waals surface area contributed by atoms with E-state index in [0.717, 1.165) is 29.7 Å². The summed E-state index contributed by atoms with van der Waals surface area (Å²) >= 11 is 0. The third-order valence-corrected chi connectivity index (χ3v) is 9.41. The van der Waals surface area contributed by atoms with Gasteiger partial charge in [0.25, 0.3) is 0 Å². The second kappa shape index (κ2) is 13.0.